The van der Waals surface area contributed by atoms with Crippen molar-refractivity contribution in [3.8, 4) is 0 Å². The fraction of sp³-hybridized carbons (Fsp3) is 0.344. The van der Waals surface area contributed by atoms with Gasteiger partial charge in [0.15, 0.2) is 0 Å². The number of carbonyl (C=O) groups excluding carboxylic acids is 1. The maximum Gasteiger partial charge on any atom is 0.416 e. The largest absolute Gasteiger partial charge is 0.416 e. The highest BCUT2D eigenvalue weighted by atomic mass is 19.4. The molecule has 220 valence electrons. The third kappa shape index (κ3) is 7.17. The number of nitrogens with zero attached hydrogens (tertiary/aromatic N) is 4. The van der Waals surface area contributed by atoms with Crippen LogP contribution in [0.2, 0.25) is 0 Å². The predicted octanol–water partition coefficient (Wildman–Crippen LogP) is 6.49. The number of likely N-dealkylation sites (tertiary alicyclic amines) is 1. The minimum atomic E-state index is -4.33. The molecule has 2 heterocycles. The van der Waals surface area contributed by atoms with E-state index in [-0.39, 0.29) is 11.8 Å². The van der Waals surface area contributed by atoms with Gasteiger partial charge in [-0.05, 0) is 85.9 Å². The molecule has 1 saturated heterocycles. The number of piperidine rings is 1. The molecule has 2 N–H and O–H groups in total. The first kappa shape index (κ1) is 29.3. The van der Waals surface area contributed by atoms with E-state index in [1.165, 1.54) is 12.1 Å². The van der Waals surface area contributed by atoms with Crippen LogP contribution >= 0.6 is 0 Å². The normalized spacial score (nSPS) is 14.6. The fourth-order valence-corrected chi connectivity index (χ4v) is 5.11. The number of carbonyl (C=O) groups is 1. The van der Waals surface area contributed by atoms with Crippen molar-refractivity contribution in [2.45, 2.75) is 39.0 Å². The Labute approximate surface area is 243 Å². The van der Waals surface area contributed by atoms with Gasteiger partial charge in [0, 0.05) is 44.2 Å². The Morgan fingerprint density at radius 1 is 0.952 bits per heavy atom. The Hall–Kier alpha value is -4.18. The van der Waals surface area contributed by atoms with Crippen LogP contribution in [0.1, 0.15) is 35.1 Å². The summed E-state index contributed by atoms with van der Waals surface area (Å²) in [7, 11) is 3.83. The first-order valence-corrected chi connectivity index (χ1v) is 14.0. The molecule has 10 heteroatoms. The van der Waals surface area contributed by atoms with Gasteiger partial charge in [-0.3, -0.25) is 9.69 Å². The molecule has 0 radical (unpaired) electrons. The standard InChI is InChI=1S/C32H35F3N6O/c1-21-4-13-27-28(18-21)38-31(40(2)3)39-29(27)36-19-22-7-11-26(12-8-22)37-30(42)24-14-16-41(17-15-24)20-23-5-9-25(10-6-23)32(33,34)35/h4-13,18,24H,14-17,19-20H2,1-3H3,(H,37,42)(H,36,38,39). The predicted molar refractivity (Wildman–Crippen MR) is 160 cm³/mol. The summed E-state index contributed by atoms with van der Waals surface area (Å²) in [5, 5.41) is 7.44. The molecule has 1 aliphatic heterocycles. The SMILES string of the molecule is Cc1ccc2c(NCc3ccc(NC(=O)C4CCN(Cc5ccc(C(F)(F)F)cc5)CC4)cc3)nc(N(C)C)nc2c1. The van der Waals surface area contributed by atoms with Gasteiger partial charge in [0.25, 0.3) is 0 Å². The minimum absolute atomic E-state index is 0.00554. The van der Waals surface area contributed by atoms with E-state index in [2.05, 4.69) is 26.6 Å². The molecule has 7 nitrogen and oxygen atoms in total. The van der Waals surface area contributed by atoms with Crippen molar-refractivity contribution in [3.63, 3.8) is 0 Å². The fourth-order valence-electron chi connectivity index (χ4n) is 5.11. The topological polar surface area (TPSA) is 73.4 Å². The lowest BCUT2D eigenvalue weighted by Gasteiger charge is -2.31. The van der Waals surface area contributed by atoms with Crippen molar-refractivity contribution in [2.24, 2.45) is 5.92 Å². The van der Waals surface area contributed by atoms with Gasteiger partial charge >= 0.3 is 6.18 Å². The Kier molecular flexibility index (Phi) is 8.63. The van der Waals surface area contributed by atoms with Crippen molar-refractivity contribution in [3.05, 3.63) is 89.0 Å². The lowest BCUT2D eigenvalue weighted by molar-refractivity contribution is -0.137. The Morgan fingerprint density at radius 2 is 1.62 bits per heavy atom. The average molecular weight is 577 g/mol. The van der Waals surface area contributed by atoms with E-state index < -0.39 is 11.7 Å². The Morgan fingerprint density at radius 3 is 2.26 bits per heavy atom. The maximum absolute atomic E-state index is 12.9. The van der Waals surface area contributed by atoms with Crippen LogP contribution in [0.25, 0.3) is 10.9 Å². The minimum Gasteiger partial charge on any atom is -0.365 e. The highest BCUT2D eigenvalue weighted by Gasteiger charge is 2.30. The van der Waals surface area contributed by atoms with Crippen molar-refractivity contribution in [2.75, 3.05) is 42.7 Å². The first-order chi connectivity index (χ1) is 20.0. The summed E-state index contributed by atoms with van der Waals surface area (Å²) < 4.78 is 38.4. The van der Waals surface area contributed by atoms with Crippen LogP contribution in [0, 0.1) is 12.8 Å². The number of aromatic nitrogens is 2. The van der Waals surface area contributed by atoms with E-state index in [4.69, 9.17) is 4.98 Å². The number of hydrogen-bond acceptors (Lipinski definition) is 6. The molecule has 42 heavy (non-hydrogen) atoms. The van der Waals surface area contributed by atoms with Gasteiger partial charge in [-0.15, -0.1) is 0 Å². The second-order valence-electron chi connectivity index (χ2n) is 11.1. The molecule has 0 spiro atoms. The smallest absolute Gasteiger partial charge is 0.365 e. The van der Waals surface area contributed by atoms with Gasteiger partial charge in [-0.1, -0.05) is 30.3 Å². The number of nitrogens with one attached hydrogen (secondary N) is 2. The van der Waals surface area contributed by atoms with Crippen molar-refractivity contribution in [1.82, 2.24) is 14.9 Å². The van der Waals surface area contributed by atoms with Crippen LogP contribution < -0.4 is 15.5 Å². The lowest BCUT2D eigenvalue weighted by atomic mass is 9.95. The second-order valence-corrected chi connectivity index (χ2v) is 11.1. The van der Waals surface area contributed by atoms with Crippen LogP contribution in [0.5, 0.6) is 0 Å². The summed E-state index contributed by atoms with van der Waals surface area (Å²) in [5.74, 6) is 1.30. The van der Waals surface area contributed by atoms with E-state index in [0.717, 1.165) is 64.3 Å². The first-order valence-electron chi connectivity index (χ1n) is 14.0. The number of amides is 1. The molecule has 1 fully saturated rings. The summed E-state index contributed by atoms with van der Waals surface area (Å²) in [6.07, 6.45) is -2.92. The Bertz CT molecular complexity index is 1530. The molecule has 4 aromatic rings. The van der Waals surface area contributed by atoms with Gasteiger partial charge in [0.05, 0.1) is 11.1 Å². The third-order valence-electron chi connectivity index (χ3n) is 7.57. The molecule has 0 saturated carbocycles. The number of aryl methyl sites for hydroxylation is 1. The van der Waals surface area contributed by atoms with E-state index in [1.54, 1.807) is 0 Å². The zero-order valence-corrected chi connectivity index (χ0v) is 24.0. The number of fused-ring (bicyclic) bond motifs is 1. The van der Waals surface area contributed by atoms with Gasteiger partial charge in [-0.25, -0.2) is 4.98 Å². The molecule has 5 rings (SSSR count). The zero-order chi connectivity index (χ0) is 29.9. The van der Waals surface area contributed by atoms with Gasteiger partial charge in [0.2, 0.25) is 11.9 Å². The average Bonchev–Trinajstić information content (AvgIpc) is 2.96. The third-order valence-corrected chi connectivity index (χ3v) is 7.57. The number of benzene rings is 3. The molecular formula is C32H35F3N6O. The van der Waals surface area contributed by atoms with Gasteiger partial charge < -0.3 is 15.5 Å². The molecule has 0 bridgehead atoms. The molecule has 0 aliphatic carbocycles. The summed E-state index contributed by atoms with van der Waals surface area (Å²) in [6.45, 7) is 4.62. The molecule has 0 unspecified atom stereocenters. The lowest BCUT2D eigenvalue weighted by Crippen LogP contribution is -2.37. The quantitative estimate of drug-likeness (QED) is 0.250. The van der Waals surface area contributed by atoms with Crippen LogP contribution in [0.3, 0.4) is 0 Å². The number of alkyl halides is 3. The Balaban J connectivity index is 1.12. The van der Waals surface area contributed by atoms with E-state index >= 15 is 0 Å². The highest BCUT2D eigenvalue weighted by molar-refractivity contribution is 5.93. The molecule has 1 amide bonds. The number of hydrogen-bond donors (Lipinski definition) is 2. The zero-order valence-electron chi connectivity index (χ0n) is 24.0. The van der Waals surface area contributed by atoms with Crippen LogP contribution in [0.15, 0.2) is 66.7 Å². The maximum atomic E-state index is 12.9. The molecule has 0 atom stereocenters. The number of rotatable bonds is 8. The summed E-state index contributed by atoms with van der Waals surface area (Å²) >= 11 is 0. The number of anilines is 3. The van der Waals surface area contributed by atoms with E-state index in [9.17, 15) is 18.0 Å². The molecule has 3 aromatic carbocycles. The summed E-state index contributed by atoms with van der Waals surface area (Å²) in [6, 6.07) is 19.2. The molecule has 1 aliphatic rings. The summed E-state index contributed by atoms with van der Waals surface area (Å²) in [4.78, 5) is 26.3. The van der Waals surface area contributed by atoms with Crippen LogP contribution in [0.4, 0.5) is 30.6 Å². The highest BCUT2D eigenvalue weighted by Crippen LogP contribution is 2.30. The summed E-state index contributed by atoms with van der Waals surface area (Å²) in [5.41, 5.74) is 4.02. The van der Waals surface area contributed by atoms with Crippen LogP contribution in [-0.4, -0.2) is 48.0 Å². The molecule has 1 aromatic heterocycles. The van der Waals surface area contributed by atoms with Crippen molar-refractivity contribution in [1.29, 1.82) is 0 Å². The number of halogens is 3. The van der Waals surface area contributed by atoms with E-state index in [0.29, 0.717) is 31.9 Å². The molecular weight excluding hydrogens is 541 g/mol. The van der Waals surface area contributed by atoms with Gasteiger partial charge in [-0.2, -0.15) is 18.2 Å². The van der Waals surface area contributed by atoms with Crippen molar-refractivity contribution < 1.29 is 18.0 Å². The van der Waals surface area contributed by atoms with Crippen LogP contribution in [-0.2, 0) is 24.1 Å². The van der Waals surface area contributed by atoms with Gasteiger partial charge in [0.1, 0.15) is 5.82 Å². The van der Waals surface area contributed by atoms with E-state index in [1.807, 2.05) is 62.3 Å². The van der Waals surface area contributed by atoms with Crippen molar-refractivity contribution >= 4 is 34.3 Å². The monoisotopic (exact) mass is 576 g/mol. The second kappa shape index (κ2) is 12.4.